The van der Waals surface area contributed by atoms with Gasteiger partial charge in [0.1, 0.15) is 5.75 Å². The van der Waals surface area contributed by atoms with E-state index in [1.807, 2.05) is 18.2 Å². The fraction of sp³-hybridized carbons (Fsp3) is 0.526. The summed E-state index contributed by atoms with van der Waals surface area (Å²) in [5.41, 5.74) is 5.96. The third kappa shape index (κ3) is 3.92. The minimum Gasteiger partial charge on any atom is -0.496 e. The van der Waals surface area contributed by atoms with Crippen LogP contribution in [0.5, 0.6) is 5.75 Å². The maximum atomic E-state index is 12.8. The first-order valence-corrected chi connectivity index (χ1v) is 10.0. The first kappa shape index (κ1) is 20.8. The van der Waals surface area contributed by atoms with Crippen molar-refractivity contribution in [3.05, 3.63) is 28.2 Å². The maximum absolute atomic E-state index is 12.8. The van der Waals surface area contributed by atoms with E-state index in [1.165, 1.54) is 7.05 Å². The number of primary amides is 1. The molecule has 1 aromatic carbocycles. The van der Waals surface area contributed by atoms with Crippen molar-refractivity contribution in [2.45, 2.75) is 37.8 Å². The number of nitrogens with zero attached hydrogens (tertiary/aromatic N) is 2. The number of carbonyl (C=O) groups excluding carboxylic acids is 3. The monoisotopic (exact) mass is 453 g/mol. The van der Waals surface area contributed by atoms with Crippen LogP contribution in [0.1, 0.15) is 37.3 Å². The first-order chi connectivity index (χ1) is 13.3. The number of likely N-dealkylation sites (tertiary alicyclic amines) is 1. The van der Waals surface area contributed by atoms with Gasteiger partial charge in [-0.05, 0) is 31.0 Å². The predicted octanol–water partition coefficient (Wildman–Crippen LogP) is 1.78. The molecule has 0 bridgehead atoms. The Hall–Kier alpha value is -1.97. The number of carbonyl (C=O) groups is 3. The average molecular weight is 454 g/mol. The molecule has 3 amide bonds. The number of hydrogen-bond donors (Lipinski definition) is 1. The highest BCUT2D eigenvalue weighted by atomic mass is 79.9. The van der Waals surface area contributed by atoms with Gasteiger partial charge in [0.2, 0.25) is 11.8 Å². The number of rotatable bonds is 8. The largest absolute Gasteiger partial charge is 0.496 e. The summed E-state index contributed by atoms with van der Waals surface area (Å²) in [7, 11) is 3.05. The smallest absolute Gasteiger partial charge is 0.261 e. The molecular formula is C19H24BrN3O5. The van der Waals surface area contributed by atoms with Gasteiger partial charge in [0, 0.05) is 30.0 Å². The Labute approximate surface area is 172 Å². The van der Waals surface area contributed by atoms with Crippen LogP contribution in [0.4, 0.5) is 0 Å². The zero-order valence-electron chi connectivity index (χ0n) is 15.9. The van der Waals surface area contributed by atoms with Gasteiger partial charge in [-0.2, -0.15) is 5.06 Å². The summed E-state index contributed by atoms with van der Waals surface area (Å²) in [5, 5.41) is 1.71. The number of imide groups is 1. The van der Waals surface area contributed by atoms with Crippen molar-refractivity contribution in [3.63, 3.8) is 0 Å². The molecule has 2 aliphatic rings. The van der Waals surface area contributed by atoms with Crippen molar-refractivity contribution in [2.75, 3.05) is 20.7 Å². The lowest BCUT2D eigenvalue weighted by Gasteiger charge is -2.27. The van der Waals surface area contributed by atoms with Crippen LogP contribution < -0.4 is 10.5 Å². The Bertz CT molecular complexity index is 787. The zero-order valence-corrected chi connectivity index (χ0v) is 17.5. The van der Waals surface area contributed by atoms with E-state index in [-0.39, 0.29) is 17.7 Å². The van der Waals surface area contributed by atoms with Gasteiger partial charge in [0.25, 0.3) is 5.91 Å². The molecular weight excluding hydrogens is 430 g/mol. The summed E-state index contributed by atoms with van der Waals surface area (Å²) in [5.74, 6) is -0.885. The molecule has 0 spiro atoms. The Balaban J connectivity index is 1.85. The van der Waals surface area contributed by atoms with Gasteiger partial charge in [0.15, 0.2) is 6.10 Å². The van der Waals surface area contributed by atoms with Crippen LogP contribution in [-0.4, -0.2) is 54.5 Å². The van der Waals surface area contributed by atoms with Crippen molar-refractivity contribution >= 4 is 33.7 Å². The Morgan fingerprint density at radius 2 is 2.00 bits per heavy atom. The summed E-state index contributed by atoms with van der Waals surface area (Å²) in [6.45, 7) is 0.524. The third-order valence-corrected chi connectivity index (χ3v) is 5.72. The Morgan fingerprint density at radius 3 is 2.68 bits per heavy atom. The summed E-state index contributed by atoms with van der Waals surface area (Å²) >= 11 is 3.47. The molecule has 3 rings (SSSR count). The normalized spacial score (nSPS) is 24.7. The molecule has 3 unspecified atom stereocenters. The molecule has 8 nitrogen and oxygen atoms in total. The van der Waals surface area contributed by atoms with Crippen molar-refractivity contribution in [1.29, 1.82) is 0 Å². The zero-order chi connectivity index (χ0) is 20.4. The number of ether oxygens (including phenoxy) is 1. The van der Waals surface area contributed by atoms with Crippen LogP contribution >= 0.6 is 15.9 Å². The number of fused-ring (bicyclic) bond motifs is 1. The molecule has 0 aromatic heterocycles. The van der Waals surface area contributed by atoms with E-state index < -0.39 is 18.1 Å². The molecule has 3 atom stereocenters. The van der Waals surface area contributed by atoms with E-state index in [0.717, 1.165) is 27.8 Å². The summed E-state index contributed by atoms with van der Waals surface area (Å²) in [6.07, 6.45) is 1.76. The van der Waals surface area contributed by atoms with Crippen molar-refractivity contribution < 1.29 is 24.0 Å². The van der Waals surface area contributed by atoms with Crippen molar-refractivity contribution in [3.8, 4) is 5.75 Å². The van der Waals surface area contributed by atoms with Crippen LogP contribution in [0.15, 0.2) is 22.7 Å². The number of hydroxylamine groups is 2. The van der Waals surface area contributed by atoms with Crippen molar-refractivity contribution in [2.24, 2.45) is 11.7 Å². The molecule has 0 aliphatic carbocycles. The summed E-state index contributed by atoms with van der Waals surface area (Å²) < 4.78 is 6.35. The number of halogens is 1. The number of benzene rings is 1. The lowest BCUT2D eigenvalue weighted by Crippen LogP contribution is -2.35. The molecule has 1 aromatic rings. The molecule has 2 aliphatic heterocycles. The lowest BCUT2D eigenvalue weighted by atomic mass is 9.90. The number of likely N-dealkylation sites (N-methyl/N-ethyl adjacent to an activating group) is 1. The quantitative estimate of drug-likeness (QED) is 0.475. The molecule has 28 heavy (non-hydrogen) atoms. The van der Waals surface area contributed by atoms with E-state index in [9.17, 15) is 14.4 Å². The second-order valence-corrected chi connectivity index (χ2v) is 7.95. The van der Waals surface area contributed by atoms with Crippen LogP contribution in [-0.2, 0) is 19.2 Å². The molecule has 0 saturated carbocycles. The topological polar surface area (TPSA) is 102 Å². The highest BCUT2D eigenvalue weighted by molar-refractivity contribution is 9.10. The van der Waals surface area contributed by atoms with E-state index in [2.05, 4.69) is 15.9 Å². The SMILES string of the molecule is COc1ccc(Br)cc1C1C2C(=O)N(C)C(=O)C2ON1CCCCCC(N)=O. The maximum Gasteiger partial charge on any atom is 0.261 e. The standard InChI is InChI=1S/C19H24BrN3O5/c1-22-18(25)15-16(12-10-11(20)7-8-13(12)27-2)23(28-17(15)19(22)26)9-5-3-4-6-14(21)24/h7-8,10,15-17H,3-6,9H2,1-2H3,(H2,21,24). The van der Waals surface area contributed by atoms with Gasteiger partial charge in [-0.1, -0.05) is 22.4 Å². The van der Waals surface area contributed by atoms with Gasteiger partial charge >= 0.3 is 0 Å². The molecule has 152 valence electrons. The molecule has 2 N–H and O–H groups in total. The Morgan fingerprint density at radius 1 is 1.25 bits per heavy atom. The van der Waals surface area contributed by atoms with Gasteiger partial charge < -0.3 is 10.5 Å². The number of methoxy groups -OCH3 is 1. The van der Waals surface area contributed by atoms with E-state index in [1.54, 1.807) is 12.2 Å². The van der Waals surface area contributed by atoms with Crippen LogP contribution in [0.2, 0.25) is 0 Å². The van der Waals surface area contributed by atoms with Crippen LogP contribution in [0.25, 0.3) is 0 Å². The average Bonchev–Trinajstić information content (AvgIpc) is 3.13. The van der Waals surface area contributed by atoms with E-state index in [4.69, 9.17) is 15.3 Å². The van der Waals surface area contributed by atoms with E-state index in [0.29, 0.717) is 25.1 Å². The predicted molar refractivity (Wildman–Crippen MR) is 104 cm³/mol. The molecule has 2 fully saturated rings. The summed E-state index contributed by atoms with van der Waals surface area (Å²) in [4.78, 5) is 43.2. The second-order valence-electron chi connectivity index (χ2n) is 7.04. The first-order valence-electron chi connectivity index (χ1n) is 9.21. The number of hydrogen-bond acceptors (Lipinski definition) is 6. The third-order valence-electron chi connectivity index (χ3n) is 5.23. The second kappa shape index (κ2) is 8.59. The number of nitrogens with two attached hydrogens (primary N) is 1. The van der Waals surface area contributed by atoms with Crippen molar-refractivity contribution in [1.82, 2.24) is 9.96 Å². The minimum absolute atomic E-state index is 0.252. The molecule has 2 heterocycles. The van der Waals surface area contributed by atoms with Gasteiger partial charge in [0.05, 0.1) is 19.1 Å². The number of amides is 3. The highest BCUT2D eigenvalue weighted by Crippen LogP contribution is 2.47. The van der Waals surface area contributed by atoms with E-state index >= 15 is 0 Å². The van der Waals surface area contributed by atoms with Gasteiger partial charge in [-0.15, -0.1) is 0 Å². The molecule has 9 heteroatoms. The summed E-state index contributed by atoms with van der Waals surface area (Å²) in [6, 6.07) is 5.14. The fourth-order valence-corrected chi connectivity index (χ4v) is 4.21. The molecule has 0 radical (unpaired) electrons. The fourth-order valence-electron chi connectivity index (χ4n) is 3.83. The van der Waals surface area contributed by atoms with Gasteiger partial charge in [-0.25, -0.2) is 0 Å². The minimum atomic E-state index is -0.822. The van der Waals surface area contributed by atoms with Gasteiger partial charge in [-0.3, -0.25) is 24.1 Å². The molecule has 2 saturated heterocycles. The highest BCUT2D eigenvalue weighted by Gasteiger charge is 2.58. The number of unbranched alkanes of at least 4 members (excludes halogenated alkanes) is 2. The lowest BCUT2D eigenvalue weighted by molar-refractivity contribution is -0.179. The van der Waals surface area contributed by atoms with Crippen LogP contribution in [0.3, 0.4) is 0 Å². The van der Waals surface area contributed by atoms with Crippen LogP contribution in [0, 0.1) is 5.92 Å². The Kier molecular flexibility index (Phi) is 6.36.